The molecule has 0 aliphatic carbocycles. The monoisotopic (exact) mass is 488 g/mol. The van der Waals surface area contributed by atoms with Gasteiger partial charge in [-0.3, -0.25) is 4.90 Å². The van der Waals surface area contributed by atoms with Gasteiger partial charge in [-0.25, -0.2) is 14.8 Å². The molecule has 5 heterocycles. The van der Waals surface area contributed by atoms with E-state index in [4.69, 9.17) is 0 Å². The lowest BCUT2D eigenvalue weighted by atomic mass is 9.86. The zero-order valence-electron chi connectivity index (χ0n) is 18.3. The maximum atomic E-state index is 12.9. The summed E-state index contributed by atoms with van der Waals surface area (Å²) in [5.74, 6) is 0.742. The van der Waals surface area contributed by atoms with Crippen molar-refractivity contribution in [3.05, 3.63) is 51.5 Å². The Labute approximate surface area is 196 Å². The molecule has 4 aromatic rings. The van der Waals surface area contributed by atoms with Gasteiger partial charge in [0.1, 0.15) is 17.0 Å². The summed E-state index contributed by atoms with van der Waals surface area (Å²) in [7, 11) is 0. The normalized spacial score (nSPS) is 21.6. The smallest absolute Gasteiger partial charge is 0.355 e. The quantitative estimate of drug-likeness (QED) is 0.453. The number of rotatable bonds is 4. The molecule has 2 fully saturated rings. The molecule has 0 radical (unpaired) electrons. The van der Waals surface area contributed by atoms with Gasteiger partial charge in [0.05, 0.1) is 22.8 Å². The number of alkyl halides is 3. The summed E-state index contributed by atoms with van der Waals surface area (Å²) >= 11 is 1.09. The fourth-order valence-electron chi connectivity index (χ4n) is 5.48. The molecule has 6 rings (SSSR count). The Morgan fingerprint density at radius 2 is 1.88 bits per heavy atom. The fourth-order valence-corrected chi connectivity index (χ4v) is 6.50. The van der Waals surface area contributed by atoms with Crippen molar-refractivity contribution in [1.82, 2.24) is 24.8 Å². The lowest BCUT2D eigenvalue weighted by Crippen LogP contribution is -2.31. The van der Waals surface area contributed by atoms with Crippen molar-refractivity contribution in [2.75, 3.05) is 31.1 Å². The molecule has 178 valence electrons. The molecule has 0 amide bonds. The zero-order chi connectivity index (χ0) is 23.5. The first kappa shape index (κ1) is 21.6. The van der Waals surface area contributed by atoms with Gasteiger partial charge in [-0.1, -0.05) is 6.07 Å². The second kappa shape index (κ2) is 7.81. The van der Waals surface area contributed by atoms with Crippen molar-refractivity contribution in [3.63, 3.8) is 0 Å². The van der Waals surface area contributed by atoms with E-state index in [0.29, 0.717) is 10.2 Å². The Morgan fingerprint density at radius 3 is 2.74 bits per heavy atom. The number of anilines is 1. The van der Waals surface area contributed by atoms with E-state index in [1.807, 2.05) is 18.2 Å². The van der Waals surface area contributed by atoms with Crippen LogP contribution in [0.2, 0.25) is 0 Å². The number of benzene rings is 1. The summed E-state index contributed by atoms with van der Waals surface area (Å²) < 4.78 is 38.6. The minimum Gasteiger partial charge on any atom is -0.355 e. The minimum absolute atomic E-state index is 0.147. The second-order valence-electron chi connectivity index (χ2n) is 9.51. The summed E-state index contributed by atoms with van der Waals surface area (Å²) in [6.07, 6.45) is -1.61. The maximum absolute atomic E-state index is 12.9. The molecule has 0 saturated carbocycles. The standard InChI is InChI=1S/C23H23F3N6OS/c24-23(25,26)9-15-8-16-19(27-13-28-20(16)34-15)32-6-4-22(12-32)3-5-31(11-22)10-14-1-2-17-18(7-14)30-21(33)29-17/h1-2,7-8,13H,3-6,9-12H2,(H2,29,30,33). The average molecular weight is 489 g/mol. The predicted molar refractivity (Wildman–Crippen MR) is 125 cm³/mol. The summed E-state index contributed by atoms with van der Waals surface area (Å²) in [5.41, 5.74) is 2.73. The molecule has 2 aliphatic heterocycles. The van der Waals surface area contributed by atoms with Crippen molar-refractivity contribution >= 4 is 38.4 Å². The Kier molecular flexibility index (Phi) is 4.96. The third-order valence-corrected chi connectivity index (χ3v) is 8.02. The van der Waals surface area contributed by atoms with E-state index in [9.17, 15) is 18.0 Å². The van der Waals surface area contributed by atoms with Crippen molar-refractivity contribution < 1.29 is 13.2 Å². The van der Waals surface area contributed by atoms with E-state index < -0.39 is 12.6 Å². The lowest BCUT2D eigenvalue weighted by Gasteiger charge is -2.25. The summed E-state index contributed by atoms with van der Waals surface area (Å²) in [6.45, 7) is 4.43. The third kappa shape index (κ3) is 4.07. The van der Waals surface area contributed by atoms with Crippen LogP contribution in [0.15, 0.2) is 35.4 Å². The van der Waals surface area contributed by atoms with Crippen LogP contribution in [0.1, 0.15) is 23.3 Å². The first-order chi connectivity index (χ1) is 16.3. The molecule has 2 saturated heterocycles. The van der Waals surface area contributed by atoms with E-state index in [1.165, 1.54) is 6.33 Å². The van der Waals surface area contributed by atoms with Gasteiger partial charge in [0.15, 0.2) is 0 Å². The van der Waals surface area contributed by atoms with Crippen LogP contribution in [0.4, 0.5) is 19.0 Å². The Morgan fingerprint density at radius 1 is 1.06 bits per heavy atom. The molecular weight excluding hydrogens is 465 g/mol. The number of imidazole rings is 1. The maximum Gasteiger partial charge on any atom is 0.393 e. The SMILES string of the molecule is O=c1[nH]c2ccc(CN3CCC4(CCN(c5ncnc6sc(CC(F)(F)F)cc56)C4)C3)cc2[nH]1. The molecule has 1 spiro atoms. The molecule has 2 aliphatic rings. The molecule has 34 heavy (non-hydrogen) atoms. The van der Waals surface area contributed by atoms with E-state index in [2.05, 4.69) is 29.7 Å². The molecule has 7 nitrogen and oxygen atoms in total. The number of halogens is 3. The summed E-state index contributed by atoms with van der Waals surface area (Å²) in [4.78, 5) is 31.3. The lowest BCUT2D eigenvalue weighted by molar-refractivity contribution is -0.126. The number of nitrogens with zero attached hydrogens (tertiary/aromatic N) is 4. The number of thiophene rings is 1. The first-order valence-corrected chi connectivity index (χ1v) is 12.1. The van der Waals surface area contributed by atoms with E-state index in [0.717, 1.165) is 79.3 Å². The van der Waals surface area contributed by atoms with Gasteiger partial charge < -0.3 is 14.9 Å². The number of H-pyrrole nitrogens is 2. The van der Waals surface area contributed by atoms with E-state index >= 15 is 0 Å². The second-order valence-corrected chi connectivity index (χ2v) is 10.6. The number of hydrogen-bond donors (Lipinski definition) is 2. The van der Waals surface area contributed by atoms with Gasteiger partial charge in [-0.15, -0.1) is 11.3 Å². The Bertz CT molecular complexity index is 1430. The van der Waals surface area contributed by atoms with Gasteiger partial charge in [0, 0.05) is 36.5 Å². The van der Waals surface area contributed by atoms with Crippen LogP contribution in [0.5, 0.6) is 0 Å². The summed E-state index contributed by atoms with van der Waals surface area (Å²) in [5, 5.41) is 0.715. The highest BCUT2D eigenvalue weighted by Gasteiger charge is 2.44. The van der Waals surface area contributed by atoms with Crippen LogP contribution in [0, 0.1) is 5.41 Å². The highest BCUT2D eigenvalue weighted by atomic mass is 32.1. The van der Waals surface area contributed by atoms with Crippen LogP contribution < -0.4 is 10.6 Å². The highest BCUT2D eigenvalue weighted by molar-refractivity contribution is 7.18. The average Bonchev–Trinajstić information content (AvgIpc) is 3.52. The van der Waals surface area contributed by atoms with Crippen LogP contribution in [-0.4, -0.2) is 57.2 Å². The number of fused-ring (bicyclic) bond motifs is 2. The molecule has 3 aromatic heterocycles. The van der Waals surface area contributed by atoms with Crippen LogP contribution in [-0.2, 0) is 13.0 Å². The van der Waals surface area contributed by atoms with Crippen molar-refractivity contribution in [2.24, 2.45) is 5.41 Å². The van der Waals surface area contributed by atoms with E-state index in [1.54, 1.807) is 6.07 Å². The van der Waals surface area contributed by atoms with Gasteiger partial charge in [0.25, 0.3) is 0 Å². The number of aromatic nitrogens is 4. The number of nitrogens with one attached hydrogen (secondary N) is 2. The van der Waals surface area contributed by atoms with Gasteiger partial charge >= 0.3 is 11.9 Å². The van der Waals surface area contributed by atoms with Gasteiger partial charge in [-0.2, -0.15) is 13.2 Å². The number of likely N-dealkylation sites (tertiary alicyclic amines) is 1. The number of aromatic amines is 2. The largest absolute Gasteiger partial charge is 0.393 e. The van der Waals surface area contributed by atoms with Crippen molar-refractivity contribution in [1.29, 1.82) is 0 Å². The number of hydrogen-bond acceptors (Lipinski definition) is 6. The molecule has 1 aromatic carbocycles. The predicted octanol–water partition coefficient (Wildman–Crippen LogP) is 4.07. The highest BCUT2D eigenvalue weighted by Crippen LogP contribution is 2.43. The van der Waals surface area contributed by atoms with Crippen LogP contribution in [0.25, 0.3) is 21.3 Å². The topological polar surface area (TPSA) is 80.9 Å². The Hall–Kier alpha value is -2.92. The van der Waals surface area contributed by atoms with Gasteiger partial charge in [-0.05, 0) is 43.1 Å². The first-order valence-electron chi connectivity index (χ1n) is 11.2. The molecule has 0 bridgehead atoms. The molecule has 1 atom stereocenters. The van der Waals surface area contributed by atoms with Crippen molar-refractivity contribution in [2.45, 2.75) is 32.0 Å². The van der Waals surface area contributed by atoms with Gasteiger partial charge in [0.2, 0.25) is 0 Å². The van der Waals surface area contributed by atoms with Crippen molar-refractivity contribution in [3.8, 4) is 0 Å². The third-order valence-electron chi connectivity index (χ3n) is 6.98. The fraction of sp³-hybridized carbons (Fsp3) is 0.435. The van der Waals surface area contributed by atoms with E-state index in [-0.39, 0.29) is 16.0 Å². The molecule has 1 unspecified atom stereocenters. The zero-order valence-corrected chi connectivity index (χ0v) is 19.1. The molecular formula is C23H23F3N6OS. The minimum atomic E-state index is -4.24. The molecule has 11 heteroatoms. The summed E-state index contributed by atoms with van der Waals surface area (Å²) in [6, 6.07) is 7.60. The molecule has 2 N–H and O–H groups in total. The van der Waals surface area contributed by atoms with Crippen LogP contribution in [0.3, 0.4) is 0 Å². The Balaban J connectivity index is 1.17. The van der Waals surface area contributed by atoms with Crippen LogP contribution >= 0.6 is 11.3 Å².